The zero-order chi connectivity index (χ0) is 13.0. The van der Waals surface area contributed by atoms with Gasteiger partial charge >= 0.3 is 0 Å². The smallest absolute Gasteiger partial charge is 0.164 e. The van der Waals surface area contributed by atoms with E-state index in [0.29, 0.717) is 6.04 Å². The summed E-state index contributed by atoms with van der Waals surface area (Å²) in [6.07, 6.45) is 6.87. The molecular formula is C14H26N4. The Morgan fingerprint density at radius 3 is 2.89 bits per heavy atom. The topological polar surface area (TPSA) is 42.7 Å². The van der Waals surface area contributed by atoms with Crippen LogP contribution in [0, 0.1) is 11.8 Å². The van der Waals surface area contributed by atoms with Crippen LogP contribution in [-0.2, 0) is 6.54 Å². The van der Waals surface area contributed by atoms with Gasteiger partial charge in [0.1, 0.15) is 6.33 Å². The van der Waals surface area contributed by atoms with Crippen LogP contribution in [0.25, 0.3) is 0 Å². The van der Waals surface area contributed by atoms with Crippen molar-refractivity contribution in [2.75, 3.05) is 6.54 Å². The van der Waals surface area contributed by atoms with Gasteiger partial charge in [0, 0.05) is 0 Å². The maximum atomic E-state index is 4.61. The van der Waals surface area contributed by atoms with Crippen LogP contribution in [0.1, 0.15) is 58.3 Å². The summed E-state index contributed by atoms with van der Waals surface area (Å²) in [5.74, 6) is 2.58. The highest BCUT2D eigenvalue weighted by molar-refractivity contribution is 4.85. The van der Waals surface area contributed by atoms with Crippen molar-refractivity contribution in [2.45, 2.75) is 59.0 Å². The van der Waals surface area contributed by atoms with E-state index in [1.807, 2.05) is 6.33 Å². The Morgan fingerprint density at radius 1 is 1.33 bits per heavy atom. The lowest BCUT2D eigenvalue weighted by Crippen LogP contribution is -2.24. The molecule has 0 radical (unpaired) electrons. The lowest BCUT2D eigenvalue weighted by atomic mass is 9.79. The van der Waals surface area contributed by atoms with Crippen molar-refractivity contribution in [3.05, 3.63) is 12.2 Å². The van der Waals surface area contributed by atoms with Gasteiger partial charge in [0.25, 0.3) is 0 Å². The third kappa shape index (κ3) is 3.31. The van der Waals surface area contributed by atoms with Crippen LogP contribution in [0.3, 0.4) is 0 Å². The molecule has 1 fully saturated rings. The van der Waals surface area contributed by atoms with Gasteiger partial charge in [0.2, 0.25) is 0 Å². The summed E-state index contributed by atoms with van der Waals surface area (Å²) in [6.45, 7) is 8.72. The Balaban J connectivity index is 1.89. The van der Waals surface area contributed by atoms with Gasteiger partial charge in [-0.05, 0) is 44.1 Å². The second kappa shape index (κ2) is 6.32. The number of hydrogen-bond donors (Lipinski definition) is 1. The fraction of sp³-hybridized carbons (Fsp3) is 0.857. The molecule has 1 heterocycles. The minimum absolute atomic E-state index is 0.559. The number of aromatic nitrogens is 3. The van der Waals surface area contributed by atoms with Crippen molar-refractivity contribution < 1.29 is 0 Å². The van der Waals surface area contributed by atoms with E-state index in [1.165, 1.54) is 19.3 Å². The largest absolute Gasteiger partial charge is 0.310 e. The quantitative estimate of drug-likeness (QED) is 0.817. The highest BCUT2D eigenvalue weighted by Crippen LogP contribution is 2.35. The fourth-order valence-corrected chi connectivity index (χ4v) is 2.70. The minimum atomic E-state index is 0.559. The maximum Gasteiger partial charge on any atom is 0.164 e. The molecule has 1 saturated carbocycles. The monoisotopic (exact) mass is 250 g/mol. The van der Waals surface area contributed by atoms with Gasteiger partial charge in [-0.1, -0.05) is 20.8 Å². The molecule has 0 aromatic carbocycles. The zero-order valence-corrected chi connectivity index (χ0v) is 11.9. The van der Waals surface area contributed by atoms with Crippen LogP contribution in [0.2, 0.25) is 0 Å². The first kappa shape index (κ1) is 13.5. The van der Waals surface area contributed by atoms with Gasteiger partial charge < -0.3 is 5.32 Å². The van der Waals surface area contributed by atoms with E-state index < -0.39 is 0 Å². The highest BCUT2D eigenvalue weighted by atomic mass is 15.3. The second-order valence-corrected chi connectivity index (χ2v) is 5.74. The highest BCUT2D eigenvalue weighted by Gasteiger charge is 2.26. The zero-order valence-electron chi connectivity index (χ0n) is 11.9. The number of nitrogens with one attached hydrogen (secondary N) is 1. The Bertz CT molecular complexity index is 360. The molecule has 0 amide bonds. The van der Waals surface area contributed by atoms with Gasteiger partial charge in [0.15, 0.2) is 5.82 Å². The van der Waals surface area contributed by atoms with Gasteiger partial charge in [-0.2, -0.15) is 5.10 Å². The molecule has 1 aromatic heterocycles. The minimum Gasteiger partial charge on any atom is -0.310 e. The molecule has 1 aliphatic carbocycles. The maximum absolute atomic E-state index is 4.61. The van der Waals surface area contributed by atoms with Crippen LogP contribution >= 0.6 is 0 Å². The Morgan fingerprint density at radius 2 is 2.17 bits per heavy atom. The van der Waals surface area contributed by atoms with Crippen LogP contribution in [0.5, 0.6) is 0 Å². The van der Waals surface area contributed by atoms with E-state index in [4.69, 9.17) is 0 Å². The van der Waals surface area contributed by atoms with Crippen LogP contribution < -0.4 is 5.32 Å². The van der Waals surface area contributed by atoms with Gasteiger partial charge in [-0.15, -0.1) is 0 Å². The first-order valence-electron chi connectivity index (χ1n) is 7.31. The van der Waals surface area contributed by atoms with Gasteiger partial charge in [0.05, 0.1) is 12.6 Å². The Kier molecular flexibility index (Phi) is 4.75. The van der Waals surface area contributed by atoms with Crippen molar-refractivity contribution in [3.63, 3.8) is 0 Å². The molecule has 4 nitrogen and oxygen atoms in total. The van der Waals surface area contributed by atoms with Crippen molar-refractivity contribution >= 4 is 0 Å². The molecule has 4 heteroatoms. The molecule has 2 rings (SSSR count). The molecule has 1 aliphatic rings. The molecule has 1 N–H and O–H groups in total. The second-order valence-electron chi connectivity index (χ2n) is 5.74. The number of hydrogen-bond acceptors (Lipinski definition) is 3. The van der Waals surface area contributed by atoms with Crippen LogP contribution in [0.4, 0.5) is 0 Å². The lowest BCUT2D eigenvalue weighted by Gasteiger charge is -2.31. The molecule has 0 spiro atoms. The molecule has 3 atom stereocenters. The van der Waals surface area contributed by atoms with E-state index in [-0.39, 0.29) is 0 Å². The third-order valence-corrected chi connectivity index (χ3v) is 4.21. The Hall–Kier alpha value is -0.900. The molecule has 3 unspecified atom stereocenters. The summed E-state index contributed by atoms with van der Waals surface area (Å²) in [5, 5.41) is 7.95. The predicted octanol–water partition coefficient (Wildman–Crippen LogP) is 2.77. The molecule has 0 aliphatic heterocycles. The predicted molar refractivity (Wildman–Crippen MR) is 73.2 cm³/mol. The van der Waals surface area contributed by atoms with Crippen molar-refractivity contribution in [1.82, 2.24) is 20.1 Å². The average Bonchev–Trinajstić information content (AvgIpc) is 2.82. The number of rotatable bonds is 5. The fourth-order valence-electron chi connectivity index (χ4n) is 2.70. The van der Waals surface area contributed by atoms with E-state index in [9.17, 15) is 0 Å². The lowest BCUT2D eigenvalue weighted by molar-refractivity contribution is 0.200. The van der Waals surface area contributed by atoms with Crippen molar-refractivity contribution in [2.24, 2.45) is 11.8 Å². The first-order chi connectivity index (χ1) is 8.70. The summed E-state index contributed by atoms with van der Waals surface area (Å²) in [4.78, 5) is 4.40. The summed E-state index contributed by atoms with van der Waals surface area (Å²) in [6, 6.07) is 0.559. The van der Waals surface area contributed by atoms with Gasteiger partial charge in [-0.25, -0.2) is 9.67 Å². The normalized spacial score (nSPS) is 28.5. The molecule has 1 aromatic rings. The third-order valence-electron chi connectivity index (χ3n) is 4.21. The molecule has 0 saturated heterocycles. The average molecular weight is 250 g/mol. The SMILES string of the molecule is CCCNCc1ncn(C2CCC(C)C(C)C2)n1. The van der Waals surface area contributed by atoms with E-state index in [2.05, 4.69) is 40.9 Å². The van der Waals surface area contributed by atoms with E-state index in [1.54, 1.807) is 0 Å². The molecule has 0 bridgehead atoms. The molecule has 18 heavy (non-hydrogen) atoms. The standard InChI is InChI=1S/C14H26N4/c1-4-7-15-9-14-16-10-18(17-14)13-6-5-11(2)12(3)8-13/h10-13,15H,4-9H2,1-3H3. The van der Waals surface area contributed by atoms with E-state index >= 15 is 0 Å². The summed E-state index contributed by atoms with van der Waals surface area (Å²) in [5.41, 5.74) is 0. The first-order valence-corrected chi connectivity index (χ1v) is 7.31. The van der Waals surface area contributed by atoms with Crippen molar-refractivity contribution in [1.29, 1.82) is 0 Å². The van der Waals surface area contributed by atoms with Gasteiger partial charge in [-0.3, -0.25) is 0 Å². The van der Waals surface area contributed by atoms with Crippen LogP contribution in [-0.4, -0.2) is 21.3 Å². The summed E-state index contributed by atoms with van der Waals surface area (Å²) in [7, 11) is 0. The molecule has 102 valence electrons. The molecular weight excluding hydrogens is 224 g/mol. The van der Waals surface area contributed by atoms with Crippen LogP contribution in [0.15, 0.2) is 6.33 Å². The summed E-state index contributed by atoms with van der Waals surface area (Å²) < 4.78 is 2.09. The summed E-state index contributed by atoms with van der Waals surface area (Å²) >= 11 is 0. The van der Waals surface area contributed by atoms with E-state index in [0.717, 1.165) is 37.2 Å². The Labute approximate surface area is 110 Å². The number of nitrogens with zero attached hydrogens (tertiary/aromatic N) is 3. The van der Waals surface area contributed by atoms with Crippen molar-refractivity contribution in [3.8, 4) is 0 Å².